The number of thiophene rings is 1. The number of anilines is 1. The highest BCUT2D eigenvalue weighted by Crippen LogP contribution is 2.37. The van der Waals surface area contributed by atoms with Crippen LogP contribution in [-0.2, 0) is 11.2 Å². The zero-order valence-electron chi connectivity index (χ0n) is 15.9. The molecule has 1 aromatic carbocycles. The van der Waals surface area contributed by atoms with Crippen LogP contribution in [0.5, 0.6) is 5.75 Å². The van der Waals surface area contributed by atoms with Gasteiger partial charge in [0.05, 0.1) is 12.0 Å². The van der Waals surface area contributed by atoms with E-state index in [-0.39, 0.29) is 5.78 Å². The number of nitrogens with one attached hydrogen (secondary N) is 1. The van der Waals surface area contributed by atoms with Crippen LogP contribution in [0.3, 0.4) is 0 Å². The summed E-state index contributed by atoms with van der Waals surface area (Å²) in [5, 5.41) is 9.47. The van der Waals surface area contributed by atoms with Gasteiger partial charge in [0.15, 0.2) is 0 Å². The largest absolute Gasteiger partial charge is 0.494 e. The fourth-order valence-electron chi connectivity index (χ4n) is 2.98. The van der Waals surface area contributed by atoms with Crippen LogP contribution in [0.25, 0.3) is 20.8 Å². The van der Waals surface area contributed by atoms with Gasteiger partial charge < -0.3 is 10.1 Å². The number of aromatic nitrogens is 3. The molecule has 0 aliphatic carbocycles. The summed E-state index contributed by atoms with van der Waals surface area (Å²) in [4.78, 5) is 25.3. The van der Waals surface area contributed by atoms with Gasteiger partial charge in [-0.2, -0.15) is 0 Å². The minimum absolute atomic E-state index is 0.159. The molecule has 0 radical (unpaired) electrons. The van der Waals surface area contributed by atoms with Gasteiger partial charge in [-0.1, -0.05) is 12.1 Å². The Labute approximate surface area is 176 Å². The third kappa shape index (κ3) is 4.78. The molecule has 0 spiro atoms. The maximum atomic E-state index is 11.2. The number of ketones is 1. The number of carbonyl (C=O) groups is 1. The van der Waals surface area contributed by atoms with Crippen LogP contribution in [0.1, 0.15) is 18.9 Å². The van der Waals surface area contributed by atoms with Crippen LogP contribution >= 0.6 is 22.7 Å². The maximum Gasteiger partial charge on any atom is 0.138 e. The number of carbonyl (C=O) groups excluding carboxylic acids is 1. The molecule has 4 rings (SSSR count). The van der Waals surface area contributed by atoms with Gasteiger partial charge in [0.1, 0.15) is 33.5 Å². The van der Waals surface area contributed by atoms with E-state index < -0.39 is 0 Å². The average molecular weight is 425 g/mol. The van der Waals surface area contributed by atoms with E-state index in [0.717, 1.165) is 50.9 Å². The number of hydrogen-bond acceptors (Lipinski definition) is 8. The Bertz CT molecular complexity index is 1090. The molecule has 0 saturated heterocycles. The van der Waals surface area contributed by atoms with Crippen LogP contribution in [0.4, 0.5) is 5.82 Å². The monoisotopic (exact) mass is 424 g/mol. The van der Waals surface area contributed by atoms with Crippen molar-refractivity contribution in [3.8, 4) is 16.3 Å². The molecule has 29 heavy (non-hydrogen) atoms. The van der Waals surface area contributed by atoms with Gasteiger partial charge in [-0.05, 0) is 31.0 Å². The lowest BCUT2D eigenvalue weighted by Gasteiger charge is -2.09. The lowest BCUT2D eigenvalue weighted by Crippen LogP contribution is -2.08. The van der Waals surface area contributed by atoms with Crippen molar-refractivity contribution in [3.05, 3.63) is 53.1 Å². The number of fused-ring (bicyclic) bond motifs is 1. The molecular weight excluding hydrogens is 404 g/mol. The number of nitrogens with zero attached hydrogens (tertiary/aromatic N) is 3. The van der Waals surface area contributed by atoms with Crippen molar-refractivity contribution in [2.75, 3.05) is 18.5 Å². The standard InChI is InChI=1S/C21H20N4O2S2/c1-14(26)11-15-3-5-16(6-4-15)27-9-2-7-22-19-18-17(20-23-8-10-28-20)12-29-21(18)25-13-24-19/h3-6,8,10,12-13H,2,7,9,11H2,1H3,(H,22,24,25). The predicted octanol–water partition coefficient (Wildman–Crippen LogP) is 4.83. The second kappa shape index (κ2) is 9.11. The molecule has 0 aliphatic heterocycles. The Morgan fingerprint density at radius 1 is 1.14 bits per heavy atom. The second-order valence-electron chi connectivity index (χ2n) is 6.54. The molecule has 3 heterocycles. The third-order valence-corrected chi connectivity index (χ3v) is 5.98. The molecule has 0 saturated carbocycles. The Morgan fingerprint density at radius 3 is 2.76 bits per heavy atom. The Hall–Kier alpha value is -2.84. The fourth-order valence-corrected chi connectivity index (χ4v) is 4.61. The molecule has 4 aromatic rings. The molecule has 1 N–H and O–H groups in total. The minimum atomic E-state index is 0.159. The van der Waals surface area contributed by atoms with Gasteiger partial charge in [-0.25, -0.2) is 15.0 Å². The molecule has 0 amide bonds. The first-order valence-electron chi connectivity index (χ1n) is 9.28. The predicted molar refractivity (Wildman–Crippen MR) is 118 cm³/mol. The van der Waals surface area contributed by atoms with E-state index in [1.54, 1.807) is 35.9 Å². The molecule has 6 nitrogen and oxygen atoms in total. The summed E-state index contributed by atoms with van der Waals surface area (Å²) >= 11 is 3.21. The molecule has 0 unspecified atom stereocenters. The van der Waals surface area contributed by atoms with E-state index in [4.69, 9.17) is 4.74 Å². The van der Waals surface area contributed by atoms with E-state index >= 15 is 0 Å². The van der Waals surface area contributed by atoms with Crippen LogP contribution < -0.4 is 10.1 Å². The summed E-state index contributed by atoms with van der Waals surface area (Å²) in [6.07, 6.45) is 4.69. The van der Waals surface area contributed by atoms with Gasteiger partial charge in [0, 0.05) is 35.5 Å². The molecule has 148 valence electrons. The summed E-state index contributed by atoms with van der Waals surface area (Å²) in [7, 11) is 0. The SMILES string of the molecule is CC(=O)Cc1ccc(OCCCNc2ncnc3scc(-c4nccs4)c23)cc1. The van der Waals surface area contributed by atoms with E-state index in [9.17, 15) is 4.79 Å². The topological polar surface area (TPSA) is 77.0 Å². The Balaban J connectivity index is 1.32. The zero-order chi connectivity index (χ0) is 20.1. The molecule has 8 heteroatoms. The van der Waals surface area contributed by atoms with Gasteiger partial charge >= 0.3 is 0 Å². The lowest BCUT2D eigenvalue weighted by atomic mass is 10.1. The number of rotatable bonds is 9. The number of hydrogen-bond donors (Lipinski definition) is 1. The third-order valence-electron chi connectivity index (χ3n) is 4.29. The van der Waals surface area contributed by atoms with Gasteiger partial charge in [-0.15, -0.1) is 22.7 Å². The van der Waals surface area contributed by atoms with Gasteiger partial charge in [0.25, 0.3) is 0 Å². The average Bonchev–Trinajstić information content (AvgIpc) is 3.38. The van der Waals surface area contributed by atoms with Crippen LogP contribution in [-0.4, -0.2) is 33.9 Å². The first kappa shape index (κ1) is 19.5. The normalized spacial score (nSPS) is 10.9. The molecule has 0 atom stereocenters. The number of Topliss-reactive ketones (excluding diaryl/α,β-unsaturated/α-hetero) is 1. The van der Waals surface area contributed by atoms with Gasteiger partial charge in [-0.3, -0.25) is 4.79 Å². The summed E-state index contributed by atoms with van der Waals surface area (Å²) in [6.45, 7) is 2.93. The van der Waals surface area contributed by atoms with E-state index in [1.165, 1.54) is 0 Å². The van der Waals surface area contributed by atoms with Crippen molar-refractivity contribution in [2.24, 2.45) is 0 Å². The lowest BCUT2D eigenvalue weighted by molar-refractivity contribution is -0.116. The summed E-state index contributed by atoms with van der Waals surface area (Å²) in [5.41, 5.74) is 2.08. The van der Waals surface area contributed by atoms with Crippen molar-refractivity contribution in [3.63, 3.8) is 0 Å². The van der Waals surface area contributed by atoms with Crippen LogP contribution in [0.2, 0.25) is 0 Å². The number of benzene rings is 1. The quantitative estimate of drug-likeness (QED) is 0.388. The molecular formula is C21H20N4O2S2. The first-order chi connectivity index (χ1) is 14.2. The highest BCUT2D eigenvalue weighted by Gasteiger charge is 2.14. The summed E-state index contributed by atoms with van der Waals surface area (Å²) < 4.78 is 5.80. The first-order valence-corrected chi connectivity index (χ1v) is 11.0. The van der Waals surface area contributed by atoms with Crippen LogP contribution in [0.15, 0.2) is 47.5 Å². The van der Waals surface area contributed by atoms with Gasteiger partial charge in [0.2, 0.25) is 0 Å². The van der Waals surface area contributed by atoms with E-state index in [2.05, 4.69) is 25.6 Å². The minimum Gasteiger partial charge on any atom is -0.494 e. The maximum absolute atomic E-state index is 11.2. The molecule has 0 bridgehead atoms. The molecule has 0 fully saturated rings. The van der Waals surface area contributed by atoms with Crippen molar-refractivity contribution >= 4 is 44.5 Å². The fraction of sp³-hybridized carbons (Fsp3) is 0.238. The number of ether oxygens (including phenoxy) is 1. The summed E-state index contributed by atoms with van der Waals surface area (Å²) in [6, 6.07) is 7.68. The van der Waals surface area contributed by atoms with Crippen LogP contribution in [0, 0.1) is 0 Å². The smallest absolute Gasteiger partial charge is 0.138 e. The van der Waals surface area contributed by atoms with Crippen molar-refractivity contribution in [2.45, 2.75) is 19.8 Å². The molecule has 3 aromatic heterocycles. The Morgan fingerprint density at radius 2 is 2.00 bits per heavy atom. The number of thiazole rings is 1. The molecule has 0 aliphatic rings. The Kier molecular flexibility index (Phi) is 6.12. The zero-order valence-corrected chi connectivity index (χ0v) is 17.6. The highest BCUT2D eigenvalue weighted by atomic mass is 32.1. The van der Waals surface area contributed by atoms with Crippen molar-refractivity contribution < 1.29 is 9.53 Å². The second-order valence-corrected chi connectivity index (χ2v) is 8.29. The van der Waals surface area contributed by atoms with Crippen molar-refractivity contribution in [1.29, 1.82) is 0 Å². The van der Waals surface area contributed by atoms with E-state index in [1.807, 2.05) is 35.8 Å². The highest BCUT2D eigenvalue weighted by molar-refractivity contribution is 7.18. The van der Waals surface area contributed by atoms with E-state index in [0.29, 0.717) is 13.0 Å². The van der Waals surface area contributed by atoms with Crippen molar-refractivity contribution in [1.82, 2.24) is 15.0 Å². The summed E-state index contributed by atoms with van der Waals surface area (Å²) in [5.74, 6) is 1.80.